The minimum absolute atomic E-state index is 0.392. The number of benzene rings is 7. The summed E-state index contributed by atoms with van der Waals surface area (Å²) in [5, 5.41) is 7.53. The van der Waals surface area contributed by atoms with Crippen LogP contribution >= 0.6 is 0 Å². The highest BCUT2D eigenvalue weighted by molar-refractivity contribution is 6.24. The smallest absolute Gasteiger partial charge is 0.0788 e. The second-order valence-corrected chi connectivity index (χ2v) is 16.5. The topological polar surface area (TPSA) is 19.7 Å². The highest BCUT2D eigenvalue weighted by Crippen LogP contribution is 2.45. The lowest BCUT2D eigenvalue weighted by Crippen LogP contribution is -2.11. The molecule has 0 amide bonds. The summed E-state index contributed by atoms with van der Waals surface area (Å²) in [6.07, 6.45) is 12.6. The number of hydrogen-bond acceptors (Lipinski definition) is 0. The van der Waals surface area contributed by atoms with Crippen molar-refractivity contribution < 1.29 is 0 Å². The number of para-hydroxylation sites is 5. The van der Waals surface area contributed by atoms with Crippen LogP contribution in [0.15, 0.2) is 170 Å². The lowest BCUT2D eigenvalue weighted by molar-refractivity contribution is 0.703. The molecular formula is C55H40N4. The van der Waals surface area contributed by atoms with E-state index in [1.807, 2.05) is 0 Å². The van der Waals surface area contributed by atoms with Crippen molar-refractivity contribution in [3.05, 3.63) is 192 Å². The summed E-state index contributed by atoms with van der Waals surface area (Å²) in [6, 6.07) is 58.6. The van der Waals surface area contributed by atoms with Gasteiger partial charge >= 0.3 is 0 Å². The molecule has 1 atom stereocenters. The van der Waals surface area contributed by atoms with Crippen molar-refractivity contribution in [3.63, 3.8) is 0 Å². The predicted molar refractivity (Wildman–Crippen MR) is 248 cm³/mol. The van der Waals surface area contributed by atoms with Gasteiger partial charge in [-0.05, 0) is 73.9 Å². The van der Waals surface area contributed by atoms with Crippen LogP contribution in [0.4, 0.5) is 0 Å². The van der Waals surface area contributed by atoms with Crippen molar-refractivity contribution in [1.29, 1.82) is 0 Å². The fraction of sp³-hybridized carbons (Fsp3) is 0.0909. The minimum atomic E-state index is 0.392. The highest BCUT2D eigenvalue weighted by Gasteiger charge is 2.29. The molecule has 0 saturated carbocycles. The molecule has 59 heavy (non-hydrogen) atoms. The molecule has 280 valence electrons. The Kier molecular flexibility index (Phi) is 6.86. The van der Waals surface area contributed by atoms with Gasteiger partial charge in [0, 0.05) is 72.1 Å². The van der Waals surface area contributed by atoms with Gasteiger partial charge in [0.05, 0.1) is 44.5 Å². The lowest BCUT2D eigenvalue weighted by atomic mass is 9.91. The van der Waals surface area contributed by atoms with Crippen molar-refractivity contribution in [2.24, 2.45) is 0 Å². The molecule has 4 heterocycles. The third-order valence-corrected chi connectivity index (χ3v) is 13.2. The Morgan fingerprint density at radius 1 is 0.407 bits per heavy atom. The second-order valence-electron chi connectivity index (χ2n) is 16.5. The zero-order valence-electron chi connectivity index (χ0n) is 32.8. The SMILES string of the molecule is CC1CC=Cc2c3c(n(-c4cc(-n5c6ccccc6c6ccccc65)cc(-n5c6ccccc6c6ccc7c8ccccc8n(-c8ccccc8)c7c65)c4)c21)CCC=C3. The van der Waals surface area contributed by atoms with Crippen LogP contribution in [-0.4, -0.2) is 18.3 Å². The van der Waals surface area contributed by atoms with Gasteiger partial charge in [0.25, 0.3) is 0 Å². The zero-order valence-corrected chi connectivity index (χ0v) is 32.8. The van der Waals surface area contributed by atoms with Gasteiger partial charge in [-0.15, -0.1) is 0 Å². The Morgan fingerprint density at radius 3 is 1.46 bits per heavy atom. The second kappa shape index (κ2) is 12.3. The molecule has 11 aromatic rings. The van der Waals surface area contributed by atoms with Crippen LogP contribution in [-0.2, 0) is 6.42 Å². The van der Waals surface area contributed by atoms with Gasteiger partial charge in [0.15, 0.2) is 0 Å². The predicted octanol–water partition coefficient (Wildman–Crippen LogP) is 14.2. The summed E-state index contributed by atoms with van der Waals surface area (Å²) in [5.41, 5.74) is 17.5. The number of aromatic nitrogens is 4. The molecule has 0 radical (unpaired) electrons. The fourth-order valence-corrected chi connectivity index (χ4v) is 10.8. The van der Waals surface area contributed by atoms with E-state index in [-0.39, 0.29) is 0 Å². The van der Waals surface area contributed by atoms with Crippen LogP contribution in [0.1, 0.15) is 48.2 Å². The van der Waals surface area contributed by atoms with Crippen LogP contribution in [0.25, 0.3) is 100 Å². The molecule has 2 aliphatic carbocycles. The molecule has 2 aliphatic rings. The number of hydrogen-bond donors (Lipinski definition) is 0. The van der Waals surface area contributed by atoms with Crippen LogP contribution in [0.5, 0.6) is 0 Å². The first kappa shape index (κ1) is 32.8. The molecule has 0 fully saturated rings. The maximum atomic E-state index is 2.65. The standard InChI is InChI=1S/C55H40N4/c1-35-16-15-24-45-42-21-7-13-28-51(42)58(53(35)45)38-32-37(56-48-25-10-5-19-40(48)41-20-6-11-26-49(41)56)33-39(34-38)59-52-29-14-9-23-44(52)47-31-30-46-43-22-8-12-27-50(43)57(54(46)55(47)59)36-17-3-2-4-18-36/h2-12,14-15,17-27,29-35H,13,16,28H2,1H3. The van der Waals surface area contributed by atoms with Crippen LogP contribution in [0.3, 0.4) is 0 Å². The summed E-state index contributed by atoms with van der Waals surface area (Å²) in [7, 11) is 0. The number of rotatable bonds is 4. The zero-order chi connectivity index (χ0) is 38.8. The van der Waals surface area contributed by atoms with Gasteiger partial charge in [-0.3, -0.25) is 0 Å². The van der Waals surface area contributed by atoms with E-state index in [1.165, 1.54) is 93.6 Å². The molecule has 0 saturated heterocycles. The van der Waals surface area contributed by atoms with Crippen molar-refractivity contribution in [2.45, 2.75) is 32.1 Å². The first-order valence-corrected chi connectivity index (χ1v) is 21.0. The average Bonchev–Trinajstić information content (AvgIpc) is 4.02. The van der Waals surface area contributed by atoms with Gasteiger partial charge in [-0.2, -0.15) is 0 Å². The van der Waals surface area contributed by atoms with E-state index < -0.39 is 0 Å². The normalized spacial score (nSPS) is 15.0. The van der Waals surface area contributed by atoms with E-state index >= 15 is 0 Å². The molecule has 1 unspecified atom stereocenters. The Balaban J connectivity index is 1.22. The summed E-state index contributed by atoms with van der Waals surface area (Å²) < 4.78 is 10.2. The van der Waals surface area contributed by atoms with E-state index in [1.54, 1.807) is 0 Å². The molecule has 0 N–H and O–H groups in total. The lowest BCUT2D eigenvalue weighted by Gasteiger charge is -2.23. The Labute approximate surface area is 341 Å². The number of fused-ring (bicyclic) bond motifs is 13. The van der Waals surface area contributed by atoms with E-state index in [2.05, 4.69) is 207 Å². The molecule has 4 heteroatoms. The summed E-state index contributed by atoms with van der Waals surface area (Å²) in [5.74, 6) is 0.392. The highest BCUT2D eigenvalue weighted by atomic mass is 15.1. The number of allylic oxidation sites excluding steroid dienone is 2. The monoisotopic (exact) mass is 756 g/mol. The fourth-order valence-electron chi connectivity index (χ4n) is 10.8. The third-order valence-electron chi connectivity index (χ3n) is 13.2. The van der Waals surface area contributed by atoms with E-state index in [9.17, 15) is 0 Å². The van der Waals surface area contributed by atoms with E-state index in [0.29, 0.717) is 5.92 Å². The molecule has 13 rings (SSSR count). The van der Waals surface area contributed by atoms with E-state index in [0.717, 1.165) is 36.3 Å². The third kappa shape index (κ3) is 4.54. The van der Waals surface area contributed by atoms with Crippen molar-refractivity contribution in [1.82, 2.24) is 18.3 Å². The Bertz CT molecular complexity index is 3550. The van der Waals surface area contributed by atoms with Gasteiger partial charge < -0.3 is 18.3 Å². The molecule has 4 nitrogen and oxygen atoms in total. The first-order chi connectivity index (χ1) is 29.2. The minimum Gasteiger partial charge on any atom is -0.316 e. The number of nitrogens with zero attached hydrogens (tertiary/aromatic N) is 4. The van der Waals surface area contributed by atoms with Crippen molar-refractivity contribution in [3.8, 4) is 22.7 Å². The van der Waals surface area contributed by atoms with Gasteiger partial charge in [0.1, 0.15) is 0 Å². The summed E-state index contributed by atoms with van der Waals surface area (Å²) in [6.45, 7) is 2.40. The summed E-state index contributed by atoms with van der Waals surface area (Å²) in [4.78, 5) is 0. The van der Waals surface area contributed by atoms with Crippen LogP contribution in [0, 0.1) is 0 Å². The molecule has 0 aliphatic heterocycles. The molecule has 0 bridgehead atoms. The van der Waals surface area contributed by atoms with Gasteiger partial charge in [0.2, 0.25) is 0 Å². The van der Waals surface area contributed by atoms with E-state index in [4.69, 9.17) is 0 Å². The van der Waals surface area contributed by atoms with Gasteiger partial charge in [-0.25, -0.2) is 0 Å². The maximum Gasteiger partial charge on any atom is 0.0788 e. The van der Waals surface area contributed by atoms with Gasteiger partial charge in [-0.1, -0.05) is 134 Å². The summed E-state index contributed by atoms with van der Waals surface area (Å²) >= 11 is 0. The van der Waals surface area contributed by atoms with Crippen molar-refractivity contribution >= 4 is 77.6 Å². The molecule has 7 aromatic carbocycles. The molecular weight excluding hydrogens is 717 g/mol. The van der Waals surface area contributed by atoms with Crippen LogP contribution in [0.2, 0.25) is 0 Å². The molecule has 4 aromatic heterocycles. The molecule has 0 spiro atoms. The maximum absolute atomic E-state index is 2.65. The Hall–Kier alpha value is -7.30. The average molecular weight is 757 g/mol. The largest absolute Gasteiger partial charge is 0.316 e. The van der Waals surface area contributed by atoms with Crippen LogP contribution < -0.4 is 0 Å². The first-order valence-electron chi connectivity index (χ1n) is 21.0. The van der Waals surface area contributed by atoms with Crippen molar-refractivity contribution in [2.75, 3.05) is 0 Å². The quantitative estimate of drug-likeness (QED) is 0.170. The Morgan fingerprint density at radius 2 is 0.864 bits per heavy atom.